The van der Waals surface area contributed by atoms with Crippen molar-refractivity contribution in [1.29, 1.82) is 0 Å². The summed E-state index contributed by atoms with van der Waals surface area (Å²) in [7, 11) is 0. The quantitative estimate of drug-likeness (QED) is 0.645. The number of allylic oxidation sites excluding steroid dienone is 1. The molecule has 2 heteroatoms. The molecule has 0 heterocycles. The first kappa shape index (κ1) is 15.3. The molecule has 0 aromatic heterocycles. The second-order valence-corrected chi connectivity index (χ2v) is 9.83. The van der Waals surface area contributed by atoms with Gasteiger partial charge in [0.15, 0.2) is 5.78 Å². The van der Waals surface area contributed by atoms with Crippen LogP contribution in [0.1, 0.15) is 71.6 Å². The van der Waals surface area contributed by atoms with Crippen LogP contribution < -0.4 is 0 Å². The summed E-state index contributed by atoms with van der Waals surface area (Å²) in [6.07, 6.45) is 12.1. The van der Waals surface area contributed by atoms with Crippen molar-refractivity contribution in [1.82, 2.24) is 0 Å². The van der Waals surface area contributed by atoms with E-state index < -0.39 is 0 Å². The lowest BCUT2D eigenvalue weighted by atomic mass is 9.41. The molecule has 0 aromatic rings. The van der Waals surface area contributed by atoms with E-state index >= 15 is 0 Å². The molecule has 4 saturated carbocycles. The standard InChI is InChI=1S/C22H30O2/c1-13-3-4-14-12-22(13)15(11-19(14)23)5-6-16-17-7-8-20(24)21(17,2)10-9-18(16)22/h11,13-14,16-18H,3-10,12H2,1-2H3/t13?,14-,16-,17-,18-,21-,22+/m0/s1. The van der Waals surface area contributed by atoms with Gasteiger partial charge >= 0.3 is 0 Å². The fourth-order valence-corrected chi connectivity index (χ4v) is 8.02. The molecule has 5 aliphatic rings. The Balaban J connectivity index is 1.59. The Morgan fingerprint density at radius 2 is 1.83 bits per heavy atom. The third-order valence-electron chi connectivity index (χ3n) is 9.28. The van der Waals surface area contributed by atoms with E-state index in [-0.39, 0.29) is 5.41 Å². The smallest absolute Gasteiger partial charge is 0.158 e. The van der Waals surface area contributed by atoms with Crippen LogP contribution in [0.2, 0.25) is 0 Å². The van der Waals surface area contributed by atoms with Crippen LogP contribution in [0.3, 0.4) is 0 Å². The summed E-state index contributed by atoms with van der Waals surface area (Å²) in [5, 5.41) is 0. The summed E-state index contributed by atoms with van der Waals surface area (Å²) in [6.45, 7) is 4.72. The number of rotatable bonds is 0. The zero-order valence-electron chi connectivity index (χ0n) is 15.1. The lowest BCUT2D eigenvalue weighted by Gasteiger charge is -2.62. The van der Waals surface area contributed by atoms with E-state index in [4.69, 9.17) is 0 Å². The second-order valence-electron chi connectivity index (χ2n) is 9.83. The minimum atomic E-state index is -0.0270. The first-order chi connectivity index (χ1) is 11.5. The summed E-state index contributed by atoms with van der Waals surface area (Å²) < 4.78 is 0. The van der Waals surface area contributed by atoms with Gasteiger partial charge in [-0.2, -0.15) is 0 Å². The average molecular weight is 326 g/mol. The molecule has 5 aliphatic carbocycles. The highest BCUT2D eigenvalue weighted by Crippen LogP contribution is 2.68. The topological polar surface area (TPSA) is 34.1 Å². The Morgan fingerprint density at radius 3 is 2.67 bits per heavy atom. The predicted molar refractivity (Wildman–Crippen MR) is 93.3 cm³/mol. The zero-order chi connectivity index (χ0) is 16.7. The molecule has 0 saturated heterocycles. The maximum Gasteiger partial charge on any atom is 0.158 e. The van der Waals surface area contributed by atoms with E-state index in [0.29, 0.717) is 34.7 Å². The van der Waals surface area contributed by atoms with E-state index in [9.17, 15) is 9.59 Å². The van der Waals surface area contributed by atoms with E-state index in [1.165, 1.54) is 24.8 Å². The summed E-state index contributed by atoms with van der Waals surface area (Å²) in [5.74, 6) is 4.03. The molecule has 2 bridgehead atoms. The van der Waals surface area contributed by atoms with Crippen LogP contribution >= 0.6 is 0 Å². The number of Topliss-reactive ketones (excluding diaryl/α,β-unsaturated/α-hetero) is 1. The number of ketones is 2. The Bertz CT molecular complexity index is 646. The molecule has 0 amide bonds. The van der Waals surface area contributed by atoms with Gasteiger partial charge in [-0.15, -0.1) is 0 Å². The van der Waals surface area contributed by atoms with Crippen molar-refractivity contribution in [3.63, 3.8) is 0 Å². The van der Waals surface area contributed by atoms with Crippen molar-refractivity contribution in [2.75, 3.05) is 0 Å². The number of carbonyl (C=O) groups excluding carboxylic acids is 2. The van der Waals surface area contributed by atoms with Gasteiger partial charge in [0, 0.05) is 17.8 Å². The number of fused-ring (bicyclic) bond motifs is 4. The Labute approximate surface area is 145 Å². The van der Waals surface area contributed by atoms with Crippen LogP contribution in [0, 0.1) is 40.4 Å². The molecular weight excluding hydrogens is 296 g/mol. The lowest BCUT2D eigenvalue weighted by molar-refractivity contribution is -0.138. The zero-order valence-corrected chi connectivity index (χ0v) is 15.1. The molecule has 0 aromatic carbocycles. The summed E-state index contributed by atoms with van der Waals surface area (Å²) in [4.78, 5) is 25.0. The van der Waals surface area contributed by atoms with Crippen LogP contribution in [0.25, 0.3) is 0 Å². The van der Waals surface area contributed by atoms with Crippen LogP contribution in [-0.2, 0) is 9.59 Å². The molecule has 0 N–H and O–H groups in total. The van der Waals surface area contributed by atoms with Gasteiger partial charge in [-0.05, 0) is 86.5 Å². The molecule has 0 radical (unpaired) electrons. The van der Waals surface area contributed by atoms with Crippen LogP contribution in [0.15, 0.2) is 11.6 Å². The highest BCUT2D eigenvalue weighted by molar-refractivity contribution is 5.94. The fourth-order valence-electron chi connectivity index (χ4n) is 8.02. The van der Waals surface area contributed by atoms with E-state index in [1.807, 2.05) is 0 Å². The van der Waals surface area contributed by atoms with Gasteiger partial charge in [0.1, 0.15) is 5.78 Å². The van der Waals surface area contributed by atoms with Crippen LogP contribution in [0.4, 0.5) is 0 Å². The fraction of sp³-hybridized carbons (Fsp3) is 0.818. The molecule has 2 nitrogen and oxygen atoms in total. The SMILES string of the molecule is CC1CC[C@H]2C[C@]13C(=CC2=O)CC[C@@H]1[C@@H]3CC[C@]2(C)C(=O)CC[C@@H]12. The van der Waals surface area contributed by atoms with Gasteiger partial charge in [0.2, 0.25) is 0 Å². The molecule has 0 aliphatic heterocycles. The molecule has 1 unspecified atom stereocenters. The van der Waals surface area contributed by atoms with E-state index in [0.717, 1.165) is 50.4 Å². The monoisotopic (exact) mass is 326 g/mol. The van der Waals surface area contributed by atoms with Crippen molar-refractivity contribution in [3.05, 3.63) is 11.6 Å². The second kappa shape index (κ2) is 4.83. The van der Waals surface area contributed by atoms with Gasteiger partial charge in [0.05, 0.1) is 0 Å². The summed E-state index contributed by atoms with van der Waals surface area (Å²) >= 11 is 0. The Morgan fingerprint density at radius 1 is 1.00 bits per heavy atom. The minimum absolute atomic E-state index is 0.0270. The van der Waals surface area contributed by atoms with Crippen molar-refractivity contribution < 1.29 is 9.59 Å². The van der Waals surface area contributed by atoms with Gasteiger partial charge < -0.3 is 0 Å². The van der Waals surface area contributed by atoms with Gasteiger partial charge in [-0.1, -0.05) is 19.4 Å². The molecule has 24 heavy (non-hydrogen) atoms. The van der Waals surface area contributed by atoms with E-state index in [1.54, 1.807) is 0 Å². The largest absolute Gasteiger partial charge is 0.299 e. The molecule has 7 atom stereocenters. The van der Waals surface area contributed by atoms with Crippen molar-refractivity contribution in [2.45, 2.75) is 71.6 Å². The Hall–Kier alpha value is -0.920. The molecule has 4 fully saturated rings. The highest BCUT2D eigenvalue weighted by Gasteiger charge is 2.62. The van der Waals surface area contributed by atoms with Gasteiger partial charge in [-0.3, -0.25) is 9.59 Å². The number of carbonyl (C=O) groups is 2. The van der Waals surface area contributed by atoms with Gasteiger partial charge in [-0.25, -0.2) is 0 Å². The lowest BCUT2D eigenvalue weighted by Crippen LogP contribution is -2.56. The van der Waals surface area contributed by atoms with Crippen molar-refractivity contribution in [2.24, 2.45) is 40.4 Å². The van der Waals surface area contributed by atoms with Crippen molar-refractivity contribution >= 4 is 11.6 Å². The maximum atomic E-state index is 12.6. The first-order valence-corrected chi connectivity index (χ1v) is 10.2. The summed E-state index contributed by atoms with van der Waals surface area (Å²) in [6, 6.07) is 0. The number of hydrogen-bond acceptors (Lipinski definition) is 2. The van der Waals surface area contributed by atoms with Gasteiger partial charge in [0.25, 0.3) is 0 Å². The molecule has 1 spiro atoms. The maximum absolute atomic E-state index is 12.6. The Kier molecular flexibility index (Phi) is 3.09. The van der Waals surface area contributed by atoms with Crippen LogP contribution in [-0.4, -0.2) is 11.6 Å². The summed E-state index contributed by atoms with van der Waals surface area (Å²) in [5.41, 5.74) is 1.78. The highest BCUT2D eigenvalue weighted by atomic mass is 16.1. The van der Waals surface area contributed by atoms with Crippen molar-refractivity contribution in [3.8, 4) is 0 Å². The third kappa shape index (κ3) is 1.68. The van der Waals surface area contributed by atoms with Crippen LogP contribution in [0.5, 0.6) is 0 Å². The molecule has 5 rings (SSSR count). The predicted octanol–water partition coefficient (Wildman–Crippen LogP) is 4.72. The van der Waals surface area contributed by atoms with E-state index in [2.05, 4.69) is 19.9 Å². The first-order valence-electron chi connectivity index (χ1n) is 10.2. The minimum Gasteiger partial charge on any atom is -0.299 e. The average Bonchev–Trinajstić information content (AvgIpc) is 2.87. The molecular formula is C22H30O2. The third-order valence-corrected chi connectivity index (χ3v) is 9.28. The molecule has 130 valence electrons. The number of hydrogen-bond donors (Lipinski definition) is 0. The normalized spacial score (nSPS) is 53.1.